The van der Waals surface area contributed by atoms with Crippen molar-refractivity contribution >= 4 is 16.9 Å². The molecule has 1 heterocycles. The number of aromatic nitrogens is 2. The molecule has 3 rings (SSSR count). The second-order valence-electron chi connectivity index (χ2n) is 6.78. The molecule has 0 fully saturated rings. The second-order valence-corrected chi connectivity index (χ2v) is 6.78. The zero-order valence-corrected chi connectivity index (χ0v) is 16.2. The van der Waals surface area contributed by atoms with E-state index in [0.717, 1.165) is 21.4 Å². The quantitative estimate of drug-likeness (QED) is 0.601. The minimum atomic E-state index is -2.72. The number of hydrogen-bond donors (Lipinski definition) is 0. The Balaban J connectivity index is 1.63. The van der Waals surface area contributed by atoms with Crippen LogP contribution in [0.4, 0.5) is 8.78 Å². The van der Waals surface area contributed by atoms with Gasteiger partial charge in [-0.3, -0.25) is 9.36 Å². The van der Waals surface area contributed by atoms with Crippen LogP contribution in [0.25, 0.3) is 11.0 Å². The third kappa shape index (κ3) is 4.30. The number of alkyl halides is 2. The van der Waals surface area contributed by atoms with Gasteiger partial charge in [-0.2, -0.15) is 8.78 Å². The van der Waals surface area contributed by atoms with Crippen LogP contribution in [0.15, 0.2) is 42.5 Å². The monoisotopic (exact) mass is 387 g/mol. The van der Waals surface area contributed by atoms with Crippen molar-refractivity contribution in [2.24, 2.45) is 0 Å². The molecule has 28 heavy (non-hydrogen) atoms. The van der Waals surface area contributed by atoms with Crippen LogP contribution >= 0.6 is 0 Å². The number of aryl methyl sites for hydroxylation is 2. The molecule has 0 aliphatic heterocycles. The Morgan fingerprint density at radius 2 is 1.96 bits per heavy atom. The fourth-order valence-electron chi connectivity index (χ4n) is 3.12. The molecular formula is C21H23F2N3O2. The summed E-state index contributed by atoms with van der Waals surface area (Å²) in [5, 5.41) is 0. The Morgan fingerprint density at radius 1 is 1.21 bits per heavy atom. The number of para-hydroxylation sites is 2. The van der Waals surface area contributed by atoms with Gasteiger partial charge in [0, 0.05) is 7.05 Å². The van der Waals surface area contributed by atoms with Gasteiger partial charge in [0.2, 0.25) is 5.91 Å². The number of imidazole rings is 1. The molecule has 0 aliphatic rings. The number of carbonyl (C=O) groups excluding carboxylic acids is 1. The molecule has 3 aromatic rings. The van der Waals surface area contributed by atoms with Crippen molar-refractivity contribution in [1.29, 1.82) is 0 Å². The summed E-state index contributed by atoms with van der Waals surface area (Å²) in [6.45, 7) is 1.45. The van der Waals surface area contributed by atoms with Crippen molar-refractivity contribution in [3.63, 3.8) is 0 Å². The van der Waals surface area contributed by atoms with Crippen LogP contribution in [0.3, 0.4) is 0 Å². The Morgan fingerprint density at radius 3 is 2.68 bits per heavy atom. The average molecular weight is 387 g/mol. The molecule has 1 aromatic heterocycles. The summed E-state index contributed by atoms with van der Waals surface area (Å²) in [6, 6.07) is 12.5. The first-order valence-electron chi connectivity index (χ1n) is 9.05. The van der Waals surface area contributed by atoms with E-state index in [4.69, 9.17) is 4.74 Å². The molecule has 0 radical (unpaired) electrons. The molecule has 0 atom stereocenters. The zero-order valence-electron chi connectivity index (χ0n) is 16.2. The van der Waals surface area contributed by atoms with E-state index in [2.05, 4.69) is 4.98 Å². The molecule has 148 valence electrons. The topological polar surface area (TPSA) is 47.4 Å². The van der Waals surface area contributed by atoms with E-state index in [0.29, 0.717) is 11.0 Å². The summed E-state index contributed by atoms with van der Waals surface area (Å²) in [4.78, 5) is 18.1. The molecule has 5 nitrogen and oxygen atoms in total. The van der Waals surface area contributed by atoms with Gasteiger partial charge in [0.25, 0.3) is 0 Å². The second kappa shape index (κ2) is 8.37. The van der Waals surface area contributed by atoms with Crippen LogP contribution in [0.5, 0.6) is 5.75 Å². The van der Waals surface area contributed by atoms with Crippen LogP contribution in [0, 0.1) is 13.8 Å². The Hall–Kier alpha value is -2.96. The average Bonchev–Trinajstić information content (AvgIpc) is 3.01. The van der Waals surface area contributed by atoms with E-state index in [9.17, 15) is 13.6 Å². The lowest BCUT2D eigenvalue weighted by molar-refractivity contribution is -0.131. The summed E-state index contributed by atoms with van der Waals surface area (Å²) >= 11 is 0. The van der Waals surface area contributed by atoms with E-state index in [1.54, 1.807) is 31.3 Å². The van der Waals surface area contributed by atoms with Gasteiger partial charge in [-0.15, -0.1) is 0 Å². The van der Waals surface area contributed by atoms with Crippen LogP contribution < -0.4 is 4.74 Å². The van der Waals surface area contributed by atoms with Crippen LogP contribution in [-0.2, 0) is 11.3 Å². The first-order chi connectivity index (χ1) is 13.4. The van der Waals surface area contributed by atoms with Gasteiger partial charge in [-0.1, -0.05) is 29.8 Å². The van der Waals surface area contributed by atoms with Crippen molar-refractivity contribution in [3.05, 3.63) is 59.4 Å². The van der Waals surface area contributed by atoms with E-state index in [1.165, 1.54) is 4.90 Å². The number of halogens is 2. The highest BCUT2D eigenvalue weighted by Crippen LogP contribution is 2.24. The molecule has 0 saturated carbocycles. The molecule has 0 bridgehead atoms. The maximum absolute atomic E-state index is 13.5. The first kappa shape index (κ1) is 19.8. The fourth-order valence-corrected chi connectivity index (χ4v) is 3.12. The molecule has 0 N–H and O–H groups in total. The number of nitrogens with zero attached hydrogens (tertiary/aromatic N) is 3. The van der Waals surface area contributed by atoms with Crippen molar-refractivity contribution in [2.45, 2.75) is 33.4 Å². The molecular weight excluding hydrogens is 364 g/mol. The van der Waals surface area contributed by atoms with Crippen molar-refractivity contribution < 1.29 is 18.3 Å². The van der Waals surface area contributed by atoms with Gasteiger partial charge in [0.1, 0.15) is 11.6 Å². The highest BCUT2D eigenvalue weighted by Gasteiger charge is 2.20. The van der Waals surface area contributed by atoms with Crippen LogP contribution in [0.1, 0.15) is 29.9 Å². The molecule has 0 unspecified atom stereocenters. The van der Waals surface area contributed by atoms with Crippen molar-refractivity contribution in [2.75, 3.05) is 13.7 Å². The van der Waals surface area contributed by atoms with Gasteiger partial charge in [-0.05, 0) is 37.6 Å². The molecule has 0 spiro atoms. The number of rotatable bonds is 7. The lowest BCUT2D eigenvalue weighted by Gasteiger charge is -2.18. The fraction of sp³-hybridized carbons (Fsp3) is 0.333. The molecule has 0 saturated heterocycles. The van der Waals surface area contributed by atoms with Gasteiger partial charge in [-0.25, -0.2) is 4.98 Å². The van der Waals surface area contributed by atoms with Crippen LogP contribution in [-0.4, -0.2) is 34.0 Å². The lowest BCUT2D eigenvalue weighted by Crippen LogP contribution is -2.29. The summed E-state index contributed by atoms with van der Waals surface area (Å²) < 4.78 is 33.5. The summed E-state index contributed by atoms with van der Waals surface area (Å²) in [5.74, 6) is 0.695. The van der Waals surface area contributed by atoms with E-state index in [-0.39, 0.29) is 31.3 Å². The molecule has 0 aliphatic carbocycles. The summed E-state index contributed by atoms with van der Waals surface area (Å²) in [5.41, 5.74) is 2.98. The highest BCUT2D eigenvalue weighted by atomic mass is 19.3. The first-order valence-corrected chi connectivity index (χ1v) is 9.05. The highest BCUT2D eigenvalue weighted by molar-refractivity contribution is 5.77. The zero-order chi connectivity index (χ0) is 20.3. The standard InChI is InChI=1S/C21H23F2N3O2/c1-14-8-9-18(15(2)12-14)28-11-10-20(27)25(3)13-19-24-16-6-4-5-7-17(16)26(19)21(22)23/h4-9,12,21H,10-11,13H2,1-3H3. The molecule has 7 heteroatoms. The number of ether oxygens (including phenoxy) is 1. The number of amides is 1. The number of fused-ring (bicyclic) bond motifs is 1. The largest absolute Gasteiger partial charge is 0.493 e. The van der Waals surface area contributed by atoms with E-state index >= 15 is 0 Å². The number of benzene rings is 2. The summed E-state index contributed by atoms with van der Waals surface area (Å²) in [6.07, 6.45) is 0.152. The van der Waals surface area contributed by atoms with Crippen molar-refractivity contribution in [1.82, 2.24) is 14.5 Å². The van der Waals surface area contributed by atoms with Gasteiger partial charge in [0.05, 0.1) is 30.6 Å². The van der Waals surface area contributed by atoms with Gasteiger partial charge < -0.3 is 9.64 Å². The van der Waals surface area contributed by atoms with Gasteiger partial charge >= 0.3 is 6.55 Å². The van der Waals surface area contributed by atoms with Gasteiger partial charge in [0.15, 0.2) is 0 Å². The number of carbonyl (C=O) groups is 1. The van der Waals surface area contributed by atoms with Crippen LogP contribution in [0.2, 0.25) is 0 Å². The normalized spacial score (nSPS) is 11.2. The molecule has 2 aromatic carbocycles. The minimum Gasteiger partial charge on any atom is -0.493 e. The SMILES string of the molecule is Cc1ccc(OCCC(=O)N(C)Cc2nc3ccccc3n2C(F)F)c(C)c1. The van der Waals surface area contributed by atoms with E-state index in [1.807, 2.05) is 32.0 Å². The maximum atomic E-state index is 13.5. The smallest absolute Gasteiger partial charge is 0.320 e. The lowest BCUT2D eigenvalue weighted by atomic mass is 10.1. The Labute approximate surface area is 162 Å². The Kier molecular flexibility index (Phi) is 5.92. The number of hydrogen-bond acceptors (Lipinski definition) is 3. The minimum absolute atomic E-state index is 0.00140. The Bertz CT molecular complexity index is 985. The van der Waals surface area contributed by atoms with E-state index < -0.39 is 6.55 Å². The van der Waals surface area contributed by atoms with Crippen molar-refractivity contribution in [3.8, 4) is 5.75 Å². The maximum Gasteiger partial charge on any atom is 0.320 e. The third-order valence-electron chi connectivity index (χ3n) is 4.57. The molecule has 1 amide bonds. The predicted molar refractivity (Wildman–Crippen MR) is 103 cm³/mol. The predicted octanol–water partition coefficient (Wildman–Crippen LogP) is 4.48. The third-order valence-corrected chi connectivity index (χ3v) is 4.57. The summed E-state index contributed by atoms with van der Waals surface area (Å²) in [7, 11) is 1.58.